The van der Waals surface area contributed by atoms with Crippen LogP contribution in [0.5, 0.6) is 0 Å². The van der Waals surface area contributed by atoms with Gasteiger partial charge in [-0.3, -0.25) is 0 Å². The number of piperidine rings is 1. The van der Waals surface area contributed by atoms with E-state index in [1.165, 1.54) is 50.0 Å². The lowest BCUT2D eigenvalue weighted by Gasteiger charge is -2.32. The monoisotopic (exact) mass is 244 g/mol. The van der Waals surface area contributed by atoms with Gasteiger partial charge < -0.3 is 10.2 Å². The van der Waals surface area contributed by atoms with E-state index in [1.807, 2.05) is 0 Å². The summed E-state index contributed by atoms with van der Waals surface area (Å²) in [5.41, 5.74) is 2.81. The van der Waals surface area contributed by atoms with Gasteiger partial charge in [0.2, 0.25) is 0 Å². The van der Waals surface area contributed by atoms with Gasteiger partial charge in [-0.2, -0.15) is 0 Å². The summed E-state index contributed by atoms with van der Waals surface area (Å²) in [6, 6.07) is 9.94. The Hall–Kier alpha value is -1.02. The van der Waals surface area contributed by atoms with Crippen LogP contribution in [0.25, 0.3) is 0 Å². The van der Waals surface area contributed by atoms with Crippen molar-refractivity contribution < 1.29 is 0 Å². The van der Waals surface area contributed by atoms with Crippen LogP contribution in [0.3, 0.4) is 0 Å². The minimum absolute atomic E-state index is 0.799. The van der Waals surface area contributed by atoms with E-state index < -0.39 is 0 Å². The summed E-state index contributed by atoms with van der Waals surface area (Å²) in [5, 5.41) is 3.56. The quantitative estimate of drug-likeness (QED) is 0.875. The van der Waals surface area contributed by atoms with Crippen LogP contribution in [-0.2, 0) is 6.54 Å². The standard InChI is InChI=1S/C16H24N2/c1-13-8-10-18(11-9-13)16-6-2-14(3-7-16)12-17-15-4-5-15/h2-3,6-7,13,15,17H,4-5,8-12H2,1H3. The zero-order chi connectivity index (χ0) is 12.4. The van der Waals surface area contributed by atoms with Gasteiger partial charge in [0.1, 0.15) is 0 Å². The SMILES string of the molecule is CC1CCN(c2ccc(CNC3CC3)cc2)CC1. The molecule has 0 bridgehead atoms. The Balaban J connectivity index is 1.56. The van der Waals surface area contributed by atoms with Crippen LogP contribution in [0.4, 0.5) is 5.69 Å². The maximum atomic E-state index is 3.56. The van der Waals surface area contributed by atoms with Crippen LogP contribution in [-0.4, -0.2) is 19.1 Å². The van der Waals surface area contributed by atoms with E-state index in [1.54, 1.807) is 0 Å². The largest absolute Gasteiger partial charge is 0.372 e. The third-order valence-corrected chi connectivity index (χ3v) is 4.26. The zero-order valence-electron chi connectivity index (χ0n) is 11.4. The maximum absolute atomic E-state index is 3.56. The van der Waals surface area contributed by atoms with Gasteiger partial charge in [-0.25, -0.2) is 0 Å². The first-order valence-electron chi connectivity index (χ1n) is 7.38. The Morgan fingerprint density at radius 3 is 2.33 bits per heavy atom. The molecule has 98 valence electrons. The molecule has 0 unspecified atom stereocenters. The first kappa shape index (κ1) is 12.0. The lowest BCUT2D eigenvalue weighted by atomic mass is 9.99. The molecule has 18 heavy (non-hydrogen) atoms. The molecule has 0 atom stereocenters. The van der Waals surface area contributed by atoms with E-state index >= 15 is 0 Å². The molecule has 1 saturated heterocycles. The molecule has 0 radical (unpaired) electrons. The number of hydrogen-bond donors (Lipinski definition) is 1. The van der Waals surface area contributed by atoms with Crippen LogP contribution < -0.4 is 10.2 Å². The lowest BCUT2D eigenvalue weighted by Crippen LogP contribution is -2.32. The molecular weight excluding hydrogens is 220 g/mol. The molecule has 0 aromatic heterocycles. The first-order chi connectivity index (χ1) is 8.81. The summed E-state index contributed by atoms with van der Waals surface area (Å²) >= 11 is 0. The third kappa shape index (κ3) is 3.05. The van der Waals surface area contributed by atoms with Crippen molar-refractivity contribution in [3.05, 3.63) is 29.8 Å². The summed E-state index contributed by atoms with van der Waals surface area (Å²) in [6.07, 6.45) is 5.41. The molecule has 1 aliphatic heterocycles. The molecule has 1 N–H and O–H groups in total. The van der Waals surface area contributed by atoms with Gasteiger partial charge in [0.15, 0.2) is 0 Å². The van der Waals surface area contributed by atoms with Gasteiger partial charge in [-0.1, -0.05) is 19.1 Å². The van der Waals surface area contributed by atoms with Crippen LogP contribution in [0.15, 0.2) is 24.3 Å². The van der Waals surface area contributed by atoms with Crippen molar-refractivity contribution in [2.24, 2.45) is 5.92 Å². The number of anilines is 1. The average Bonchev–Trinajstić information content (AvgIpc) is 3.22. The van der Waals surface area contributed by atoms with Crippen molar-refractivity contribution in [3.8, 4) is 0 Å². The number of hydrogen-bond acceptors (Lipinski definition) is 2. The smallest absolute Gasteiger partial charge is 0.0366 e. The fraction of sp³-hybridized carbons (Fsp3) is 0.625. The Morgan fingerprint density at radius 2 is 1.72 bits per heavy atom. The summed E-state index contributed by atoms with van der Waals surface area (Å²) < 4.78 is 0. The predicted molar refractivity (Wildman–Crippen MR) is 76.9 cm³/mol. The van der Waals surface area contributed by atoms with Crippen LogP contribution in [0, 0.1) is 5.92 Å². The second kappa shape index (κ2) is 5.31. The van der Waals surface area contributed by atoms with Gasteiger partial charge in [-0.15, -0.1) is 0 Å². The second-order valence-electron chi connectivity index (χ2n) is 5.99. The normalized spacial score (nSPS) is 21.3. The fourth-order valence-corrected chi connectivity index (χ4v) is 2.64. The third-order valence-electron chi connectivity index (χ3n) is 4.26. The van der Waals surface area contributed by atoms with Crippen molar-refractivity contribution in [1.82, 2.24) is 5.32 Å². The maximum Gasteiger partial charge on any atom is 0.0366 e. The average molecular weight is 244 g/mol. The molecule has 2 fully saturated rings. The topological polar surface area (TPSA) is 15.3 Å². The second-order valence-corrected chi connectivity index (χ2v) is 5.99. The molecule has 1 aromatic carbocycles. The predicted octanol–water partition coefficient (Wildman–Crippen LogP) is 3.17. The van der Waals surface area contributed by atoms with Crippen molar-refractivity contribution in [1.29, 1.82) is 0 Å². The zero-order valence-corrected chi connectivity index (χ0v) is 11.4. The molecule has 1 aromatic rings. The van der Waals surface area contributed by atoms with Gasteiger partial charge >= 0.3 is 0 Å². The Bertz CT molecular complexity index is 373. The molecule has 2 aliphatic rings. The fourth-order valence-electron chi connectivity index (χ4n) is 2.64. The van der Waals surface area contributed by atoms with Crippen molar-refractivity contribution >= 4 is 5.69 Å². The van der Waals surface area contributed by atoms with Gasteiger partial charge in [0, 0.05) is 31.4 Å². The van der Waals surface area contributed by atoms with Crippen LogP contribution in [0.2, 0.25) is 0 Å². The van der Waals surface area contributed by atoms with Crippen molar-refractivity contribution in [3.63, 3.8) is 0 Å². The Kier molecular flexibility index (Phi) is 3.55. The lowest BCUT2D eigenvalue weighted by molar-refractivity contribution is 0.438. The molecule has 0 amide bonds. The van der Waals surface area contributed by atoms with Crippen molar-refractivity contribution in [2.75, 3.05) is 18.0 Å². The summed E-state index contributed by atoms with van der Waals surface area (Å²) in [6.45, 7) is 5.84. The van der Waals surface area contributed by atoms with Gasteiger partial charge in [0.05, 0.1) is 0 Å². The Labute approximate surface area is 110 Å². The highest BCUT2D eigenvalue weighted by Gasteiger charge is 2.20. The molecule has 2 heteroatoms. The van der Waals surface area contributed by atoms with E-state index in [0.29, 0.717) is 0 Å². The molecule has 2 nitrogen and oxygen atoms in total. The highest BCUT2D eigenvalue weighted by atomic mass is 15.1. The molecule has 1 heterocycles. The summed E-state index contributed by atoms with van der Waals surface area (Å²) in [7, 11) is 0. The van der Waals surface area contributed by atoms with E-state index in [-0.39, 0.29) is 0 Å². The summed E-state index contributed by atoms with van der Waals surface area (Å²) in [5.74, 6) is 0.906. The van der Waals surface area contributed by atoms with E-state index in [9.17, 15) is 0 Å². The van der Waals surface area contributed by atoms with Crippen molar-refractivity contribution in [2.45, 2.75) is 45.2 Å². The summed E-state index contributed by atoms with van der Waals surface area (Å²) in [4.78, 5) is 2.53. The number of benzene rings is 1. The number of nitrogens with one attached hydrogen (secondary N) is 1. The molecule has 1 aliphatic carbocycles. The molecule has 1 saturated carbocycles. The molecule has 3 rings (SSSR count). The number of nitrogens with zero attached hydrogens (tertiary/aromatic N) is 1. The highest BCUT2D eigenvalue weighted by molar-refractivity contribution is 5.47. The highest BCUT2D eigenvalue weighted by Crippen LogP contribution is 2.23. The van der Waals surface area contributed by atoms with E-state index in [4.69, 9.17) is 0 Å². The first-order valence-corrected chi connectivity index (χ1v) is 7.38. The number of rotatable bonds is 4. The van der Waals surface area contributed by atoms with Crippen LogP contribution in [0.1, 0.15) is 38.2 Å². The minimum atomic E-state index is 0.799. The molecule has 0 spiro atoms. The minimum Gasteiger partial charge on any atom is -0.372 e. The van der Waals surface area contributed by atoms with E-state index in [0.717, 1.165) is 18.5 Å². The molecular formula is C16H24N2. The van der Waals surface area contributed by atoms with Gasteiger partial charge in [-0.05, 0) is 49.3 Å². The van der Waals surface area contributed by atoms with E-state index in [2.05, 4.69) is 41.4 Å². The van der Waals surface area contributed by atoms with Crippen LogP contribution >= 0.6 is 0 Å². The Morgan fingerprint density at radius 1 is 1.06 bits per heavy atom. The van der Waals surface area contributed by atoms with Gasteiger partial charge in [0.25, 0.3) is 0 Å².